The van der Waals surface area contributed by atoms with E-state index in [4.69, 9.17) is 0 Å². The van der Waals surface area contributed by atoms with Crippen molar-refractivity contribution in [1.82, 2.24) is 10.2 Å². The Kier molecular flexibility index (Phi) is 5.98. The van der Waals surface area contributed by atoms with Crippen LogP contribution < -0.4 is 10.1 Å². The minimum Gasteiger partial charge on any atom is -0.507 e. The Labute approximate surface area is 164 Å². The van der Waals surface area contributed by atoms with Gasteiger partial charge in [-0.1, -0.05) is 34.1 Å². The minimum atomic E-state index is -4.72. The molecule has 1 heterocycles. The van der Waals surface area contributed by atoms with E-state index in [1.165, 1.54) is 12.1 Å². The molecule has 3 rings (SSSR count). The van der Waals surface area contributed by atoms with Crippen molar-refractivity contribution in [3.05, 3.63) is 57.6 Å². The molecule has 1 aliphatic rings. The smallest absolute Gasteiger partial charge is 0.507 e. The van der Waals surface area contributed by atoms with Crippen molar-refractivity contribution in [3.63, 3.8) is 0 Å². The molecular formula is C19H20BrF3N2O2. The lowest BCUT2D eigenvalue weighted by atomic mass is 9.94. The van der Waals surface area contributed by atoms with E-state index in [1.54, 1.807) is 12.1 Å². The quantitative estimate of drug-likeness (QED) is 0.735. The van der Waals surface area contributed by atoms with Crippen LogP contribution in [0.1, 0.15) is 22.7 Å². The number of hydrogen-bond acceptors (Lipinski definition) is 4. The fraction of sp³-hybridized carbons (Fsp3) is 0.368. The number of ether oxygens (including phenoxy) is 1. The number of halogens is 4. The summed E-state index contributed by atoms with van der Waals surface area (Å²) in [7, 11) is 0. The zero-order chi connectivity index (χ0) is 19.6. The van der Waals surface area contributed by atoms with Gasteiger partial charge < -0.3 is 15.2 Å². The third-order valence-corrected chi connectivity index (χ3v) is 5.28. The lowest BCUT2D eigenvalue weighted by Crippen LogP contribution is -2.45. The van der Waals surface area contributed by atoms with Gasteiger partial charge in [-0.15, -0.1) is 13.2 Å². The van der Waals surface area contributed by atoms with Crippen molar-refractivity contribution in [3.8, 4) is 11.5 Å². The van der Waals surface area contributed by atoms with Crippen molar-refractivity contribution in [1.29, 1.82) is 0 Å². The maximum absolute atomic E-state index is 12.4. The van der Waals surface area contributed by atoms with E-state index >= 15 is 0 Å². The molecule has 2 N–H and O–H groups in total. The van der Waals surface area contributed by atoms with Gasteiger partial charge in [-0.05, 0) is 36.2 Å². The van der Waals surface area contributed by atoms with Crippen LogP contribution in [-0.4, -0.2) is 42.5 Å². The van der Waals surface area contributed by atoms with E-state index in [9.17, 15) is 18.3 Å². The SMILES string of the molecule is Cc1ccc(Br)c([C@H](c2ccc(OC(F)(F)F)cc2)N2CCNCC2)c1O. The number of piperazine rings is 1. The fourth-order valence-electron chi connectivity index (χ4n) is 3.30. The number of nitrogens with one attached hydrogen (secondary N) is 1. The summed E-state index contributed by atoms with van der Waals surface area (Å²) in [6.07, 6.45) is -4.72. The molecule has 0 radical (unpaired) electrons. The summed E-state index contributed by atoms with van der Waals surface area (Å²) in [6, 6.07) is 9.24. The standard InChI is InChI=1S/C19H20BrF3N2O2/c1-12-2-7-15(20)16(18(12)26)17(25-10-8-24-9-11-25)13-3-5-14(6-4-13)27-19(21,22)23/h2-7,17,24,26H,8-11H2,1H3/t17-/m0/s1. The number of alkyl halides is 3. The van der Waals surface area contributed by atoms with Crippen LogP contribution in [0.4, 0.5) is 13.2 Å². The van der Waals surface area contributed by atoms with Gasteiger partial charge in [0.05, 0.1) is 6.04 Å². The molecule has 0 spiro atoms. The predicted molar refractivity (Wildman–Crippen MR) is 100.0 cm³/mol. The van der Waals surface area contributed by atoms with Gasteiger partial charge in [-0.3, -0.25) is 4.90 Å². The Bertz CT molecular complexity index is 791. The zero-order valence-corrected chi connectivity index (χ0v) is 16.3. The first-order valence-electron chi connectivity index (χ1n) is 8.54. The fourth-order valence-corrected chi connectivity index (χ4v) is 3.84. The first kappa shape index (κ1) is 20.0. The number of hydrogen-bond donors (Lipinski definition) is 2. The number of benzene rings is 2. The van der Waals surface area contributed by atoms with Gasteiger partial charge in [0.2, 0.25) is 0 Å². The highest BCUT2D eigenvalue weighted by atomic mass is 79.9. The highest BCUT2D eigenvalue weighted by molar-refractivity contribution is 9.10. The largest absolute Gasteiger partial charge is 0.573 e. The molecule has 0 aliphatic carbocycles. The normalized spacial score (nSPS) is 16.9. The third kappa shape index (κ3) is 4.75. The first-order valence-corrected chi connectivity index (χ1v) is 9.34. The van der Waals surface area contributed by atoms with Crippen LogP contribution in [-0.2, 0) is 0 Å². The molecule has 1 saturated heterocycles. The molecule has 8 heteroatoms. The molecule has 27 heavy (non-hydrogen) atoms. The number of aryl methyl sites for hydroxylation is 1. The van der Waals surface area contributed by atoms with Crippen LogP contribution in [0.3, 0.4) is 0 Å². The van der Waals surface area contributed by atoms with Gasteiger partial charge in [0.1, 0.15) is 11.5 Å². The Balaban J connectivity index is 2.02. The highest BCUT2D eigenvalue weighted by Gasteiger charge is 2.32. The van der Waals surface area contributed by atoms with Gasteiger partial charge in [0, 0.05) is 36.2 Å². The molecule has 1 fully saturated rings. The summed E-state index contributed by atoms with van der Waals surface area (Å²) >= 11 is 3.52. The Hall–Kier alpha value is -1.77. The lowest BCUT2D eigenvalue weighted by Gasteiger charge is -2.36. The number of phenolic OH excluding ortho intramolecular Hbond substituents is 1. The Morgan fingerprint density at radius 3 is 2.33 bits per heavy atom. The van der Waals surface area contributed by atoms with Gasteiger partial charge in [0.15, 0.2) is 0 Å². The summed E-state index contributed by atoms with van der Waals surface area (Å²) in [4.78, 5) is 2.20. The Morgan fingerprint density at radius 2 is 1.74 bits per heavy atom. The second-order valence-electron chi connectivity index (χ2n) is 6.43. The number of nitrogens with zero attached hydrogens (tertiary/aromatic N) is 1. The number of aromatic hydroxyl groups is 1. The summed E-state index contributed by atoms with van der Waals surface area (Å²) in [5.74, 6) is -0.0821. The highest BCUT2D eigenvalue weighted by Crippen LogP contribution is 2.41. The van der Waals surface area contributed by atoms with E-state index in [-0.39, 0.29) is 17.5 Å². The molecule has 1 aliphatic heterocycles. The summed E-state index contributed by atoms with van der Waals surface area (Å²) in [5.41, 5.74) is 2.24. The van der Waals surface area contributed by atoms with Crippen LogP contribution in [0.15, 0.2) is 40.9 Å². The van der Waals surface area contributed by atoms with Crippen LogP contribution in [0.25, 0.3) is 0 Å². The van der Waals surface area contributed by atoms with Crippen molar-refractivity contribution < 1.29 is 23.0 Å². The van der Waals surface area contributed by atoms with Gasteiger partial charge in [-0.25, -0.2) is 0 Å². The molecule has 146 valence electrons. The lowest BCUT2D eigenvalue weighted by molar-refractivity contribution is -0.274. The Morgan fingerprint density at radius 1 is 1.11 bits per heavy atom. The predicted octanol–water partition coefficient (Wildman–Crippen LogP) is 4.36. The van der Waals surface area contributed by atoms with E-state index in [1.807, 2.05) is 19.1 Å². The van der Waals surface area contributed by atoms with Crippen molar-refractivity contribution >= 4 is 15.9 Å². The summed E-state index contributed by atoms with van der Waals surface area (Å²) in [5, 5.41) is 14.0. The number of rotatable bonds is 4. The van der Waals surface area contributed by atoms with Crippen molar-refractivity contribution in [2.24, 2.45) is 0 Å². The van der Waals surface area contributed by atoms with Crippen LogP contribution >= 0.6 is 15.9 Å². The minimum absolute atomic E-state index is 0.184. The molecule has 0 aromatic heterocycles. The number of phenols is 1. The molecular weight excluding hydrogens is 425 g/mol. The van der Waals surface area contributed by atoms with Gasteiger partial charge in [0.25, 0.3) is 0 Å². The van der Waals surface area contributed by atoms with Gasteiger partial charge in [-0.2, -0.15) is 0 Å². The second kappa shape index (κ2) is 8.08. The maximum atomic E-state index is 12.4. The molecule has 1 atom stereocenters. The average molecular weight is 445 g/mol. The summed E-state index contributed by atoms with van der Waals surface area (Å²) < 4.78 is 42.0. The molecule has 0 saturated carbocycles. The molecule has 2 aromatic rings. The van der Waals surface area contributed by atoms with Crippen LogP contribution in [0.2, 0.25) is 0 Å². The third-order valence-electron chi connectivity index (χ3n) is 4.59. The molecule has 0 bridgehead atoms. The summed E-state index contributed by atoms with van der Waals surface area (Å²) in [6.45, 7) is 4.93. The van der Waals surface area contributed by atoms with E-state index < -0.39 is 6.36 Å². The zero-order valence-electron chi connectivity index (χ0n) is 14.7. The second-order valence-corrected chi connectivity index (χ2v) is 7.29. The average Bonchev–Trinajstić information content (AvgIpc) is 2.62. The van der Waals surface area contributed by atoms with Crippen molar-refractivity contribution in [2.75, 3.05) is 26.2 Å². The molecule has 0 amide bonds. The maximum Gasteiger partial charge on any atom is 0.573 e. The van der Waals surface area contributed by atoms with E-state index in [2.05, 4.69) is 30.9 Å². The van der Waals surface area contributed by atoms with Gasteiger partial charge >= 0.3 is 6.36 Å². The first-order chi connectivity index (χ1) is 12.8. The topological polar surface area (TPSA) is 44.7 Å². The van der Waals surface area contributed by atoms with E-state index in [0.29, 0.717) is 5.56 Å². The monoisotopic (exact) mass is 444 g/mol. The molecule has 0 unspecified atom stereocenters. The van der Waals surface area contributed by atoms with Crippen molar-refractivity contribution in [2.45, 2.75) is 19.3 Å². The van der Waals surface area contributed by atoms with Crippen LogP contribution in [0.5, 0.6) is 11.5 Å². The molecule has 2 aromatic carbocycles. The van der Waals surface area contributed by atoms with E-state index in [0.717, 1.165) is 41.8 Å². The molecule has 4 nitrogen and oxygen atoms in total. The van der Waals surface area contributed by atoms with Crippen LogP contribution in [0, 0.1) is 6.92 Å².